The van der Waals surface area contributed by atoms with Crippen molar-refractivity contribution in [3.63, 3.8) is 0 Å². The smallest absolute Gasteiger partial charge is 0.272 e. The van der Waals surface area contributed by atoms with Gasteiger partial charge in [0.25, 0.3) is 10.0 Å². The minimum atomic E-state index is -4.12. The van der Waals surface area contributed by atoms with Gasteiger partial charge >= 0.3 is 0 Å². The maximum atomic E-state index is 13.4. The number of methoxy groups -OCH3 is 2. The van der Waals surface area contributed by atoms with Crippen molar-refractivity contribution in [3.8, 4) is 23.0 Å². The Morgan fingerprint density at radius 1 is 1.21 bits per heavy atom. The Bertz CT molecular complexity index is 1380. The molecule has 0 amide bonds. The molecule has 3 heterocycles. The monoisotopic (exact) mass is 482 g/mol. The zero-order valence-corrected chi connectivity index (χ0v) is 20.1. The third-order valence-corrected chi connectivity index (χ3v) is 8.86. The Morgan fingerprint density at radius 3 is 2.65 bits per heavy atom. The van der Waals surface area contributed by atoms with E-state index in [4.69, 9.17) is 14.0 Å². The van der Waals surface area contributed by atoms with Crippen LogP contribution in [0.2, 0.25) is 0 Å². The number of hydrogen-bond donors (Lipinski definition) is 1. The summed E-state index contributed by atoms with van der Waals surface area (Å²) in [7, 11) is -1.36. The second kappa shape index (κ2) is 7.36. The SMILES string of the molecule is COc1ccnc(OC)c1S(=O)(=O)Nc1noc2c1C[C@@]1(C[C@@H]1C)c1ccc(N3CCC3)cc1-2. The number of ether oxygens (including phenoxy) is 2. The van der Waals surface area contributed by atoms with Crippen LogP contribution in [0.3, 0.4) is 0 Å². The number of anilines is 2. The quantitative estimate of drug-likeness (QED) is 0.568. The van der Waals surface area contributed by atoms with Crippen LogP contribution in [0.4, 0.5) is 11.5 Å². The van der Waals surface area contributed by atoms with Crippen molar-refractivity contribution >= 4 is 21.5 Å². The van der Waals surface area contributed by atoms with Gasteiger partial charge in [-0.1, -0.05) is 18.1 Å². The van der Waals surface area contributed by atoms with Gasteiger partial charge in [-0.3, -0.25) is 4.72 Å². The van der Waals surface area contributed by atoms with Gasteiger partial charge in [-0.25, -0.2) is 13.4 Å². The first-order valence-corrected chi connectivity index (χ1v) is 12.8. The Morgan fingerprint density at radius 2 is 2.00 bits per heavy atom. The number of hydrogen-bond acceptors (Lipinski definition) is 8. The second-order valence-corrected chi connectivity index (χ2v) is 10.9. The second-order valence-electron chi connectivity index (χ2n) is 9.30. The van der Waals surface area contributed by atoms with E-state index in [0.29, 0.717) is 18.1 Å². The fraction of sp³-hybridized carbons (Fsp3) is 0.417. The highest BCUT2D eigenvalue weighted by Gasteiger charge is 2.56. The summed E-state index contributed by atoms with van der Waals surface area (Å²) in [5.41, 5.74) is 4.18. The van der Waals surface area contributed by atoms with Crippen LogP contribution in [0.5, 0.6) is 11.6 Å². The first-order valence-electron chi connectivity index (χ1n) is 11.4. The average molecular weight is 483 g/mol. The van der Waals surface area contributed by atoms with Crippen LogP contribution in [-0.2, 0) is 21.9 Å². The third kappa shape index (κ3) is 3.01. The molecule has 1 spiro atoms. The molecule has 0 radical (unpaired) electrons. The lowest BCUT2D eigenvalue weighted by Gasteiger charge is -2.34. The fourth-order valence-corrected chi connectivity index (χ4v) is 6.65. The number of rotatable bonds is 6. The van der Waals surface area contributed by atoms with E-state index in [-0.39, 0.29) is 27.8 Å². The molecule has 1 saturated heterocycles. The van der Waals surface area contributed by atoms with Gasteiger partial charge in [0, 0.05) is 47.6 Å². The van der Waals surface area contributed by atoms with Gasteiger partial charge in [0.1, 0.15) is 5.75 Å². The van der Waals surface area contributed by atoms with E-state index in [0.717, 1.165) is 36.3 Å². The molecule has 2 fully saturated rings. The number of aromatic nitrogens is 2. The molecule has 10 heteroatoms. The number of sulfonamides is 1. The van der Waals surface area contributed by atoms with E-state index in [1.807, 2.05) is 0 Å². The Labute approximate surface area is 198 Å². The number of fused-ring (bicyclic) bond motifs is 4. The van der Waals surface area contributed by atoms with Gasteiger partial charge in [-0.05, 0) is 42.9 Å². The lowest BCUT2D eigenvalue weighted by atomic mass is 9.77. The lowest BCUT2D eigenvalue weighted by molar-refractivity contribution is 0.361. The molecule has 2 aliphatic carbocycles. The van der Waals surface area contributed by atoms with E-state index in [9.17, 15) is 8.42 Å². The summed E-state index contributed by atoms with van der Waals surface area (Å²) in [5, 5.41) is 4.16. The van der Waals surface area contributed by atoms with Crippen LogP contribution < -0.4 is 19.1 Å². The van der Waals surface area contributed by atoms with Gasteiger partial charge in [-0.2, -0.15) is 0 Å². The summed E-state index contributed by atoms with van der Waals surface area (Å²) in [6, 6.07) is 8.05. The molecule has 34 heavy (non-hydrogen) atoms. The predicted octanol–water partition coefficient (Wildman–Crippen LogP) is 3.60. The molecule has 9 nitrogen and oxygen atoms in total. The minimum Gasteiger partial charge on any atom is -0.495 e. The maximum Gasteiger partial charge on any atom is 0.272 e. The molecule has 1 saturated carbocycles. The molecule has 1 aliphatic heterocycles. The van der Waals surface area contributed by atoms with Gasteiger partial charge in [-0.15, -0.1) is 0 Å². The van der Waals surface area contributed by atoms with Gasteiger partial charge in [0.15, 0.2) is 16.5 Å². The number of pyridine rings is 1. The maximum absolute atomic E-state index is 13.4. The molecule has 1 aromatic carbocycles. The summed E-state index contributed by atoms with van der Waals surface area (Å²) in [6.07, 6.45) is 4.34. The first kappa shape index (κ1) is 21.3. The largest absolute Gasteiger partial charge is 0.495 e. The molecule has 3 aliphatic rings. The molecular weight excluding hydrogens is 456 g/mol. The van der Waals surface area contributed by atoms with Crippen molar-refractivity contribution in [1.82, 2.24) is 10.1 Å². The standard InChI is InChI=1S/C24H26N4O5S/c1-14-12-24(14)13-17-20(16-11-15(5-6-18(16)24)28-9-4-10-28)33-26-22(17)27-34(29,30)21-19(31-2)7-8-25-23(21)32-3/h5-8,11,14H,4,9-10,12-13H2,1-3H3,(H,26,27)/t14-,24+/m0/s1. The predicted molar refractivity (Wildman–Crippen MR) is 126 cm³/mol. The van der Waals surface area contributed by atoms with E-state index in [1.54, 1.807) is 0 Å². The van der Waals surface area contributed by atoms with Crippen molar-refractivity contribution in [3.05, 3.63) is 41.6 Å². The average Bonchev–Trinajstić information content (AvgIpc) is 3.26. The molecule has 0 bridgehead atoms. The zero-order valence-electron chi connectivity index (χ0n) is 19.3. The summed E-state index contributed by atoms with van der Waals surface area (Å²) in [4.78, 5) is 6.19. The normalized spacial score (nSPS) is 22.6. The van der Waals surface area contributed by atoms with Crippen LogP contribution in [0.1, 0.15) is 30.9 Å². The highest BCUT2D eigenvalue weighted by molar-refractivity contribution is 7.93. The van der Waals surface area contributed by atoms with Gasteiger partial charge in [0.2, 0.25) is 5.88 Å². The molecular formula is C24H26N4O5S. The van der Waals surface area contributed by atoms with Crippen molar-refractivity contribution < 1.29 is 22.4 Å². The first-order chi connectivity index (χ1) is 16.4. The van der Waals surface area contributed by atoms with Crippen molar-refractivity contribution in [2.75, 3.05) is 36.9 Å². The summed E-state index contributed by atoms with van der Waals surface area (Å²) < 4.78 is 45.7. The van der Waals surface area contributed by atoms with Gasteiger partial charge in [0.05, 0.1) is 14.2 Å². The van der Waals surface area contributed by atoms with Crippen molar-refractivity contribution in [2.45, 2.75) is 36.5 Å². The van der Waals surface area contributed by atoms with Gasteiger partial charge < -0.3 is 18.9 Å². The molecule has 178 valence electrons. The summed E-state index contributed by atoms with van der Waals surface area (Å²) in [5.74, 6) is 1.40. The van der Waals surface area contributed by atoms with Crippen LogP contribution in [0.25, 0.3) is 11.3 Å². The molecule has 3 aromatic rings. The molecule has 0 unspecified atom stereocenters. The van der Waals surface area contributed by atoms with E-state index >= 15 is 0 Å². The summed E-state index contributed by atoms with van der Waals surface area (Å²) >= 11 is 0. The highest BCUT2D eigenvalue weighted by Crippen LogP contribution is 2.62. The minimum absolute atomic E-state index is 0.0226. The molecule has 2 aromatic heterocycles. The van der Waals surface area contributed by atoms with Crippen molar-refractivity contribution in [1.29, 1.82) is 0 Å². The fourth-order valence-electron chi connectivity index (χ4n) is 5.35. The van der Waals surface area contributed by atoms with E-state index < -0.39 is 10.0 Å². The zero-order chi connectivity index (χ0) is 23.7. The Kier molecular flexibility index (Phi) is 4.61. The lowest BCUT2D eigenvalue weighted by Crippen LogP contribution is -2.37. The Balaban J connectivity index is 1.43. The molecule has 2 atom stereocenters. The van der Waals surface area contributed by atoms with Crippen molar-refractivity contribution in [2.24, 2.45) is 5.92 Å². The molecule has 6 rings (SSSR count). The number of nitrogens with one attached hydrogen (secondary N) is 1. The number of nitrogens with zero attached hydrogens (tertiary/aromatic N) is 3. The van der Waals surface area contributed by atoms with Crippen LogP contribution in [0.15, 0.2) is 39.9 Å². The van der Waals surface area contributed by atoms with Crippen LogP contribution in [-0.4, -0.2) is 45.9 Å². The third-order valence-electron chi connectivity index (χ3n) is 7.49. The molecule has 1 N–H and O–H groups in total. The van der Waals surface area contributed by atoms with Crippen LogP contribution in [0, 0.1) is 5.92 Å². The Hall–Kier alpha value is -3.27. The highest BCUT2D eigenvalue weighted by atomic mass is 32.2. The van der Waals surface area contributed by atoms with E-state index in [2.05, 4.69) is 44.9 Å². The summed E-state index contributed by atoms with van der Waals surface area (Å²) in [6.45, 7) is 4.33. The van der Waals surface area contributed by atoms with E-state index in [1.165, 1.54) is 38.5 Å². The topological polar surface area (TPSA) is 107 Å². The number of benzene rings is 1. The van der Waals surface area contributed by atoms with Crippen LogP contribution >= 0.6 is 0 Å².